The SMILES string of the molecule is CSc1nc(C2CCCC2)ncc1C(=O)O. The van der Waals surface area contributed by atoms with E-state index >= 15 is 0 Å². The number of rotatable bonds is 3. The monoisotopic (exact) mass is 238 g/mol. The second-order valence-corrected chi connectivity index (χ2v) is 4.73. The minimum atomic E-state index is -0.956. The van der Waals surface area contributed by atoms with Crippen molar-refractivity contribution in [2.24, 2.45) is 0 Å². The molecular formula is C11H14N2O2S. The molecule has 1 saturated carbocycles. The largest absolute Gasteiger partial charge is 0.478 e. The molecule has 16 heavy (non-hydrogen) atoms. The Morgan fingerprint density at radius 1 is 1.50 bits per heavy atom. The van der Waals surface area contributed by atoms with E-state index in [1.807, 2.05) is 6.26 Å². The van der Waals surface area contributed by atoms with Crippen molar-refractivity contribution in [1.82, 2.24) is 9.97 Å². The van der Waals surface area contributed by atoms with Gasteiger partial charge in [-0.1, -0.05) is 12.8 Å². The molecule has 1 aliphatic rings. The normalized spacial score (nSPS) is 16.6. The summed E-state index contributed by atoms with van der Waals surface area (Å²) in [6, 6.07) is 0. The van der Waals surface area contributed by atoms with Gasteiger partial charge in [0.15, 0.2) is 0 Å². The topological polar surface area (TPSA) is 63.1 Å². The van der Waals surface area contributed by atoms with Gasteiger partial charge in [-0.2, -0.15) is 0 Å². The third-order valence-corrected chi connectivity index (χ3v) is 3.61. The van der Waals surface area contributed by atoms with Crippen molar-refractivity contribution in [3.8, 4) is 0 Å². The zero-order valence-electron chi connectivity index (χ0n) is 9.14. The summed E-state index contributed by atoms with van der Waals surface area (Å²) >= 11 is 1.36. The lowest BCUT2D eigenvalue weighted by Gasteiger charge is -2.09. The Balaban J connectivity index is 2.32. The third-order valence-electron chi connectivity index (χ3n) is 2.92. The number of hydrogen-bond acceptors (Lipinski definition) is 4. The van der Waals surface area contributed by atoms with Crippen LogP contribution in [0.15, 0.2) is 11.2 Å². The first-order chi connectivity index (χ1) is 7.72. The molecule has 2 rings (SSSR count). The van der Waals surface area contributed by atoms with Gasteiger partial charge in [0.2, 0.25) is 0 Å². The number of carboxylic acid groups (broad SMARTS) is 1. The van der Waals surface area contributed by atoms with E-state index in [9.17, 15) is 4.79 Å². The molecule has 0 radical (unpaired) electrons. The first-order valence-corrected chi connectivity index (χ1v) is 6.59. The third kappa shape index (κ3) is 2.19. The first kappa shape index (κ1) is 11.4. The number of thioether (sulfide) groups is 1. The predicted molar refractivity (Wildman–Crippen MR) is 62.0 cm³/mol. The van der Waals surface area contributed by atoms with Crippen LogP contribution in [0.5, 0.6) is 0 Å². The van der Waals surface area contributed by atoms with E-state index in [2.05, 4.69) is 9.97 Å². The van der Waals surface area contributed by atoms with E-state index in [0.717, 1.165) is 18.7 Å². The fraction of sp³-hybridized carbons (Fsp3) is 0.545. The van der Waals surface area contributed by atoms with Crippen molar-refractivity contribution in [1.29, 1.82) is 0 Å². The van der Waals surface area contributed by atoms with Crippen molar-refractivity contribution in [3.63, 3.8) is 0 Å². The quantitative estimate of drug-likeness (QED) is 0.647. The lowest BCUT2D eigenvalue weighted by Crippen LogP contribution is -2.07. The second-order valence-electron chi connectivity index (χ2n) is 3.94. The lowest BCUT2D eigenvalue weighted by atomic mass is 10.1. The molecule has 0 atom stereocenters. The Hall–Kier alpha value is -1.10. The van der Waals surface area contributed by atoms with Crippen molar-refractivity contribution >= 4 is 17.7 Å². The molecule has 0 aromatic carbocycles. The Morgan fingerprint density at radius 3 is 2.75 bits per heavy atom. The summed E-state index contributed by atoms with van der Waals surface area (Å²) in [7, 11) is 0. The maximum atomic E-state index is 10.9. The highest BCUT2D eigenvalue weighted by molar-refractivity contribution is 7.98. The molecule has 4 nitrogen and oxygen atoms in total. The van der Waals surface area contributed by atoms with Crippen molar-refractivity contribution in [3.05, 3.63) is 17.6 Å². The smallest absolute Gasteiger partial charge is 0.340 e. The van der Waals surface area contributed by atoms with E-state index in [1.165, 1.54) is 30.8 Å². The fourth-order valence-corrected chi connectivity index (χ4v) is 2.61. The molecule has 1 heterocycles. The highest BCUT2D eigenvalue weighted by Gasteiger charge is 2.21. The second kappa shape index (κ2) is 4.82. The summed E-state index contributed by atoms with van der Waals surface area (Å²) in [5.41, 5.74) is 0.203. The summed E-state index contributed by atoms with van der Waals surface area (Å²) in [6.45, 7) is 0. The molecule has 1 fully saturated rings. The zero-order valence-corrected chi connectivity index (χ0v) is 9.96. The standard InChI is InChI=1S/C11H14N2O2S/c1-16-10-8(11(14)15)6-12-9(13-10)7-4-2-3-5-7/h6-7H,2-5H2,1H3,(H,14,15). The molecule has 0 saturated heterocycles. The molecule has 86 valence electrons. The summed E-state index contributed by atoms with van der Waals surface area (Å²) in [5, 5.41) is 9.53. The summed E-state index contributed by atoms with van der Waals surface area (Å²) in [5.74, 6) is 0.280. The van der Waals surface area contributed by atoms with Crippen LogP contribution in [0.25, 0.3) is 0 Å². The average molecular weight is 238 g/mol. The van der Waals surface area contributed by atoms with Gasteiger partial charge in [-0.05, 0) is 19.1 Å². The van der Waals surface area contributed by atoms with Gasteiger partial charge in [0.25, 0.3) is 0 Å². The van der Waals surface area contributed by atoms with Crippen LogP contribution in [0.2, 0.25) is 0 Å². The average Bonchev–Trinajstić information content (AvgIpc) is 2.81. The molecule has 5 heteroatoms. The summed E-state index contributed by atoms with van der Waals surface area (Å²) in [6.07, 6.45) is 7.98. The minimum absolute atomic E-state index is 0.203. The van der Waals surface area contributed by atoms with E-state index < -0.39 is 5.97 Å². The van der Waals surface area contributed by atoms with Gasteiger partial charge in [0.05, 0.1) is 0 Å². The maximum Gasteiger partial charge on any atom is 0.340 e. The zero-order chi connectivity index (χ0) is 11.5. The Labute approximate surface area is 98.5 Å². The van der Waals surface area contributed by atoms with Crippen molar-refractivity contribution in [2.45, 2.75) is 36.6 Å². The Bertz CT molecular complexity index is 403. The van der Waals surface area contributed by atoms with Gasteiger partial charge in [0.1, 0.15) is 16.4 Å². The minimum Gasteiger partial charge on any atom is -0.478 e. The van der Waals surface area contributed by atoms with Crippen LogP contribution in [0.4, 0.5) is 0 Å². The molecule has 0 bridgehead atoms. The maximum absolute atomic E-state index is 10.9. The fourth-order valence-electron chi connectivity index (χ4n) is 2.06. The molecule has 0 amide bonds. The molecule has 1 aliphatic carbocycles. The molecule has 0 aliphatic heterocycles. The number of hydrogen-bond donors (Lipinski definition) is 1. The molecule has 1 N–H and O–H groups in total. The number of carboxylic acids is 1. The first-order valence-electron chi connectivity index (χ1n) is 5.36. The van der Waals surface area contributed by atoms with Gasteiger partial charge < -0.3 is 5.11 Å². The van der Waals surface area contributed by atoms with E-state index in [1.54, 1.807) is 0 Å². The highest BCUT2D eigenvalue weighted by Crippen LogP contribution is 2.33. The number of aromatic nitrogens is 2. The summed E-state index contributed by atoms with van der Waals surface area (Å²) < 4.78 is 0. The van der Waals surface area contributed by atoms with Crippen LogP contribution >= 0.6 is 11.8 Å². The van der Waals surface area contributed by atoms with Gasteiger partial charge in [-0.3, -0.25) is 0 Å². The van der Waals surface area contributed by atoms with E-state index in [0.29, 0.717) is 10.9 Å². The molecular weight excluding hydrogens is 224 g/mol. The Kier molecular flexibility index (Phi) is 3.43. The predicted octanol–water partition coefficient (Wildman–Crippen LogP) is 2.55. The van der Waals surface area contributed by atoms with Crippen LogP contribution in [-0.4, -0.2) is 27.3 Å². The molecule has 1 aromatic rings. The number of nitrogens with zero attached hydrogens (tertiary/aromatic N) is 2. The van der Waals surface area contributed by atoms with Gasteiger partial charge >= 0.3 is 5.97 Å². The highest BCUT2D eigenvalue weighted by atomic mass is 32.2. The van der Waals surface area contributed by atoms with E-state index in [4.69, 9.17) is 5.11 Å². The van der Waals surface area contributed by atoms with Crippen LogP contribution in [0, 0.1) is 0 Å². The van der Waals surface area contributed by atoms with Crippen LogP contribution in [-0.2, 0) is 0 Å². The van der Waals surface area contributed by atoms with Gasteiger partial charge in [-0.15, -0.1) is 11.8 Å². The van der Waals surface area contributed by atoms with Gasteiger partial charge in [-0.25, -0.2) is 14.8 Å². The Morgan fingerprint density at radius 2 is 2.19 bits per heavy atom. The lowest BCUT2D eigenvalue weighted by molar-refractivity contribution is 0.0691. The van der Waals surface area contributed by atoms with Crippen molar-refractivity contribution < 1.29 is 9.90 Å². The van der Waals surface area contributed by atoms with Crippen LogP contribution in [0.1, 0.15) is 47.8 Å². The molecule has 1 aromatic heterocycles. The molecule has 0 spiro atoms. The van der Waals surface area contributed by atoms with Gasteiger partial charge in [0, 0.05) is 12.1 Å². The van der Waals surface area contributed by atoms with Crippen LogP contribution < -0.4 is 0 Å². The van der Waals surface area contributed by atoms with E-state index in [-0.39, 0.29) is 5.56 Å². The summed E-state index contributed by atoms with van der Waals surface area (Å²) in [4.78, 5) is 19.5. The van der Waals surface area contributed by atoms with Crippen LogP contribution in [0.3, 0.4) is 0 Å². The number of carbonyl (C=O) groups is 1. The van der Waals surface area contributed by atoms with Crippen molar-refractivity contribution in [2.75, 3.05) is 6.26 Å². The molecule has 0 unspecified atom stereocenters. The number of aromatic carboxylic acids is 1.